The van der Waals surface area contributed by atoms with Gasteiger partial charge in [0.05, 0.1) is 12.5 Å². The van der Waals surface area contributed by atoms with Crippen LogP contribution in [0.25, 0.3) is 0 Å². The molecule has 5 heteroatoms. The van der Waals surface area contributed by atoms with Crippen molar-refractivity contribution < 1.29 is 19.4 Å². The Kier molecular flexibility index (Phi) is 4.14. The Balaban J connectivity index is 2.45. The van der Waals surface area contributed by atoms with E-state index in [-0.39, 0.29) is 24.3 Å². The minimum atomic E-state index is -0.788. The van der Waals surface area contributed by atoms with Gasteiger partial charge in [0.1, 0.15) is 5.60 Å². The van der Waals surface area contributed by atoms with Gasteiger partial charge < -0.3 is 9.84 Å². The number of carbonyl (C=O) groups is 2. The van der Waals surface area contributed by atoms with Crippen LogP contribution in [0, 0.1) is 11.8 Å². The maximum Gasteiger partial charge on any atom is 0.320 e. The summed E-state index contributed by atoms with van der Waals surface area (Å²) in [4.78, 5) is 24.4. The van der Waals surface area contributed by atoms with Gasteiger partial charge in [0, 0.05) is 13.1 Å². The number of carboxylic acids is 1. The molecule has 0 aromatic carbocycles. The highest BCUT2D eigenvalue weighted by molar-refractivity contribution is 5.73. The van der Waals surface area contributed by atoms with Crippen LogP contribution in [0.15, 0.2) is 0 Å². The minimum absolute atomic E-state index is 0.0786. The fourth-order valence-electron chi connectivity index (χ4n) is 2.07. The Morgan fingerprint density at radius 3 is 2.35 bits per heavy atom. The van der Waals surface area contributed by atoms with Crippen molar-refractivity contribution >= 4 is 11.9 Å². The van der Waals surface area contributed by atoms with Crippen LogP contribution in [0.4, 0.5) is 0 Å². The summed E-state index contributed by atoms with van der Waals surface area (Å²) >= 11 is 0. The van der Waals surface area contributed by atoms with Crippen LogP contribution in [0.1, 0.15) is 27.7 Å². The van der Waals surface area contributed by atoms with Gasteiger partial charge >= 0.3 is 11.9 Å². The summed E-state index contributed by atoms with van der Waals surface area (Å²) in [5.41, 5.74) is -0.491. The third-order valence-corrected chi connectivity index (χ3v) is 2.78. The molecule has 0 spiro atoms. The van der Waals surface area contributed by atoms with E-state index in [9.17, 15) is 9.59 Å². The third kappa shape index (κ3) is 4.34. The summed E-state index contributed by atoms with van der Waals surface area (Å²) in [7, 11) is 0. The molecule has 0 radical (unpaired) electrons. The van der Waals surface area contributed by atoms with E-state index >= 15 is 0 Å². The molecular weight excluding hydrogens is 222 g/mol. The molecule has 1 heterocycles. The van der Waals surface area contributed by atoms with Crippen molar-refractivity contribution in [1.82, 2.24) is 4.90 Å². The Bertz CT molecular complexity index is 308. The Morgan fingerprint density at radius 1 is 1.35 bits per heavy atom. The lowest BCUT2D eigenvalue weighted by Gasteiger charge is -2.22. The topological polar surface area (TPSA) is 66.8 Å². The number of hydrogen-bond donors (Lipinski definition) is 1. The summed E-state index contributed by atoms with van der Waals surface area (Å²) < 4.78 is 5.20. The summed E-state index contributed by atoms with van der Waals surface area (Å²) in [6, 6.07) is 0. The van der Waals surface area contributed by atoms with E-state index in [1.807, 2.05) is 32.6 Å². The first-order chi connectivity index (χ1) is 7.69. The molecule has 1 N–H and O–H groups in total. The highest BCUT2D eigenvalue weighted by Crippen LogP contribution is 2.23. The first kappa shape index (κ1) is 14.0. The van der Waals surface area contributed by atoms with E-state index in [4.69, 9.17) is 9.84 Å². The zero-order valence-electron chi connectivity index (χ0n) is 10.9. The second-order valence-electron chi connectivity index (χ2n) is 5.70. The number of aliphatic carboxylic acids is 1. The molecule has 1 saturated heterocycles. The van der Waals surface area contributed by atoms with Gasteiger partial charge in [0.15, 0.2) is 0 Å². The average molecular weight is 243 g/mol. The number of esters is 1. The molecule has 0 aromatic heterocycles. The molecule has 17 heavy (non-hydrogen) atoms. The van der Waals surface area contributed by atoms with E-state index in [2.05, 4.69) is 0 Å². The summed E-state index contributed by atoms with van der Waals surface area (Å²) in [5.74, 6) is -1.38. The molecule has 98 valence electrons. The van der Waals surface area contributed by atoms with Gasteiger partial charge in [-0.3, -0.25) is 14.5 Å². The normalized spacial score (nSPS) is 25.9. The quantitative estimate of drug-likeness (QED) is 0.748. The highest BCUT2D eigenvalue weighted by Gasteiger charge is 2.35. The van der Waals surface area contributed by atoms with Gasteiger partial charge in [-0.15, -0.1) is 0 Å². The van der Waals surface area contributed by atoms with Crippen molar-refractivity contribution in [3.05, 3.63) is 0 Å². The van der Waals surface area contributed by atoms with Gasteiger partial charge in [0.2, 0.25) is 0 Å². The number of ether oxygens (including phenoxy) is 1. The number of nitrogens with zero attached hydrogens (tertiary/aromatic N) is 1. The summed E-state index contributed by atoms with van der Waals surface area (Å²) in [6.45, 7) is 8.58. The zero-order chi connectivity index (χ0) is 13.2. The molecule has 2 atom stereocenters. The van der Waals surface area contributed by atoms with Crippen LogP contribution in [-0.2, 0) is 14.3 Å². The molecule has 1 fully saturated rings. The minimum Gasteiger partial charge on any atom is -0.481 e. The number of hydrogen-bond acceptors (Lipinski definition) is 4. The number of carbonyl (C=O) groups excluding carboxylic acids is 1. The van der Waals surface area contributed by atoms with Crippen LogP contribution in [0.2, 0.25) is 0 Å². The molecule has 5 nitrogen and oxygen atoms in total. The van der Waals surface area contributed by atoms with Gasteiger partial charge in [-0.2, -0.15) is 0 Å². The molecule has 1 aliphatic rings. The average Bonchev–Trinajstić information content (AvgIpc) is 2.42. The second kappa shape index (κ2) is 5.04. The molecular formula is C12H21NO4. The molecule has 0 aliphatic carbocycles. The standard InChI is InChI=1S/C12H21NO4/c1-8-5-13(6-9(8)11(15)16)7-10(14)17-12(2,3)4/h8-9H,5-7H2,1-4H3,(H,15,16). The summed E-state index contributed by atoms with van der Waals surface area (Å²) in [5, 5.41) is 8.98. The molecule has 0 amide bonds. The molecule has 2 unspecified atom stereocenters. The van der Waals surface area contributed by atoms with E-state index in [0.717, 1.165) is 0 Å². The van der Waals surface area contributed by atoms with E-state index in [0.29, 0.717) is 13.1 Å². The van der Waals surface area contributed by atoms with Gasteiger partial charge in [-0.1, -0.05) is 6.92 Å². The lowest BCUT2D eigenvalue weighted by Crippen LogP contribution is -2.34. The lowest BCUT2D eigenvalue weighted by atomic mass is 9.99. The van der Waals surface area contributed by atoms with Crippen molar-refractivity contribution in [3.8, 4) is 0 Å². The number of carboxylic acid groups (broad SMARTS) is 1. The predicted octanol–water partition coefficient (Wildman–Crippen LogP) is 0.981. The Hall–Kier alpha value is -1.10. The smallest absolute Gasteiger partial charge is 0.320 e. The lowest BCUT2D eigenvalue weighted by molar-refractivity contribution is -0.156. The van der Waals surface area contributed by atoms with E-state index in [1.165, 1.54) is 0 Å². The predicted molar refractivity (Wildman–Crippen MR) is 62.6 cm³/mol. The highest BCUT2D eigenvalue weighted by atomic mass is 16.6. The van der Waals surface area contributed by atoms with Crippen LogP contribution < -0.4 is 0 Å². The zero-order valence-corrected chi connectivity index (χ0v) is 10.9. The van der Waals surface area contributed by atoms with Crippen LogP contribution in [-0.4, -0.2) is 47.2 Å². The molecule has 0 bridgehead atoms. The maximum atomic E-state index is 11.6. The SMILES string of the molecule is CC1CN(CC(=O)OC(C)(C)C)CC1C(=O)O. The Morgan fingerprint density at radius 2 is 1.94 bits per heavy atom. The molecule has 0 saturated carbocycles. The third-order valence-electron chi connectivity index (χ3n) is 2.78. The molecule has 0 aromatic rings. The van der Waals surface area contributed by atoms with E-state index < -0.39 is 11.6 Å². The molecule has 1 aliphatic heterocycles. The number of rotatable bonds is 3. The van der Waals surface area contributed by atoms with Crippen molar-refractivity contribution in [2.75, 3.05) is 19.6 Å². The largest absolute Gasteiger partial charge is 0.481 e. The first-order valence-electron chi connectivity index (χ1n) is 5.86. The second-order valence-corrected chi connectivity index (χ2v) is 5.70. The Labute approximate surface area is 102 Å². The van der Waals surface area contributed by atoms with E-state index in [1.54, 1.807) is 0 Å². The monoisotopic (exact) mass is 243 g/mol. The maximum absolute atomic E-state index is 11.6. The van der Waals surface area contributed by atoms with Crippen LogP contribution in [0.3, 0.4) is 0 Å². The van der Waals surface area contributed by atoms with Gasteiger partial charge in [-0.05, 0) is 26.7 Å². The fourth-order valence-corrected chi connectivity index (χ4v) is 2.07. The fraction of sp³-hybridized carbons (Fsp3) is 0.833. The van der Waals surface area contributed by atoms with Crippen LogP contribution >= 0.6 is 0 Å². The number of likely N-dealkylation sites (tertiary alicyclic amines) is 1. The van der Waals surface area contributed by atoms with Crippen molar-refractivity contribution in [2.45, 2.75) is 33.3 Å². The van der Waals surface area contributed by atoms with Crippen molar-refractivity contribution in [1.29, 1.82) is 0 Å². The van der Waals surface area contributed by atoms with Crippen molar-refractivity contribution in [2.24, 2.45) is 11.8 Å². The van der Waals surface area contributed by atoms with Gasteiger partial charge in [0.25, 0.3) is 0 Å². The van der Waals surface area contributed by atoms with Gasteiger partial charge in [-0.25, -0.2) is 0 Å². The summed E-state index contributed by atoms with van der Waals surface area (Å²) in [6.07, 6.45) is 0. The van der Waals surface area contributed by atoms with Crippen LogP contribution in [0.5, 0.6) is 0 Å². The van der Waals surface area contributed by atoms with Crippen molar-refractivity contribution in [3.63, 3.8) is 0 Å². The first-order valence-corrected chi connectivity index (χ1v) is 5.86. The molecule has 1 rings (SSSR count).